The van der Waals surface area contributed by atoms with Crippen LogP contribution in [0.25, 0.3) is 15.9 Å². The van der Waals surface area contributed by atoms with Crippen molar-refractivity contribution >= 4 is 39.1 Å². The molecule has 0 spiro atoms. The minimum absolute atomic E-state index is 0.0268. The van der Waals surface area contributed by atoms with Crippen LogP contribution < -0.4 is 10.2 Å². The summed E-state index contributed by atoms with van der Waals surface area (Å²) in [5.74, 6) is -1.08. The van der Waals surface area contributed by atoms with Crippen LogP contribution in [0.3, 0.4) is 0 Å². The van der Waals surface area contributed by atoms with E-state index >= 15 is 0 Å². The van der Waals surface area contributed by atoms with E-state index < -0.39 is 29.6 Å². The molecule has 0 bridgehead atoms. The van der Waals surface area contributed by atoms with Gasteiger partial charge in [0.05, 0.1) is 21.8 Å². The Morgan fingerprint density at radius 1 is 0.975 bits per heavy atom. The molecule has 0 radical (unpaired) electrons. The smallest absolute Gasteiger partial charge is 0.350 e. The highest BCUT2D eigenvalue weighted by Gasteiger charge is 2.34. The lowest BCUT2D eigenvalue weighted by Gasteiger charge is -2.29. The van der Waals surface area contributed by atoms with Crippen LogP contribution in [0.15, 0.2) is 91.0 Å². The molecule has 0 saturated heterocycles. The van der Waals surface area contributed by atoms with Crippen molar-refractivity contribution < 1.29 is 22.8 Å². The third kappa shape index (κ3) is 5.48. The summed E-state index contributed by atoms with van der Waals surface area (Å²) in [6.45, 7) is 3.54. The fraction of sp³-hybridized carbons (Fsp3) is 0.167. The van der Waals surface area contributed by atoms with Crippen LogP contribution in [-0.2, 0) is 17.5 Å². The topological polar surface area (TPSA) is 67.2 Å². The van der Waals surface area contributed by atoms with Gasteiger partial charge in [-0.1, -0.05) is 54.6 Å². The number of rotatable bonds is 7. The summed E-state index contributed by atoms with van der Waals surface area (Å²) >= 11 is 1.18. The molecule has 0 fully saturated rings. The highest BCUT2D eigenvalue weighted by molar-refractivity contribution is 7.20. The van der Waals surface area contributed by atoms with Crippen LogP contribution in [0, 0.1) is 6.92 Å². The lowest BCUT2D eigenvalue weighted by atomic mass is 10.1. The van der Waals surface area contributed by atoms with Crippen LogP contribution in [0.2, 0.25) is 0 Å². The maximum Gasteiger partial charge on any atom is 0.416 e. The Balaban J connectivity index is 1.53. The van der Waals surface area contributed by atoms with Gasteiger partial charge in [0.25, 0.3) is 5.91 Å². The molecule has 2 heterocycles. The third-order valence-corrected chi connectivity index (χ3v) is 7.60. The van der Waals surface area contributed by atoms with Crippen molar-refractivity contribution in [2.45, 2.75) is 32.6 Å². The summed E-state index contributed by atoms with van der Waals surface area (Å²) in [7, 11) is 0. The number of nitrogens with one attached hydrogen (secondary N) is 1. The molecule has 5 aromatic rings. The highest BCUT2D eigenvalue weighted by atomic mass is 32.1. The number of anilines is 1. The molecule has 204 valence electrons. The predicted molar refractivity (Wildman–Crippen MR) is 150 cm³/mol. The molecule has 0 aliphatic carbocycles. The number of halogens is 3. The fourth-order valence-electron chi connectivity index (χ4n) is 4.41. The Kier molecular flexibility index (Phi) is 7.44. The van der Waals surface area contributed by atoms with Gasteiger partial charge in [0, 0.05) is 17.6 Å². The Morgan fingerprint density at radius 3 is 2.33 bits per heavy atom. The number of aryl methyl sites for hydroxylation is 1. The quantitative estimate of drug-likeness (QED) is 0.238. The van der Waals surface area contributed by atoms with E-state index in [1.54, 1.807) is 10.7 Å². The lowest BCUT2D eigenvalue weighted by Crippen LogP contribution is -2.48. The maximum atomic E-state index is 14.0. The van der Waals surface area contributed by atoms with Crippen molar-refractivity contribution in [1.82, 2.24) is 15.1 Å². The molecule has 40 heavy (non-hydrogen) atoms. The number of nitrogens with zero attached hydrogens (tertiary/aromatic N) is 3. The first-order chi connectivity index (χ1) is 19.1. The molecule has 1 atom stereocenters. The summed E-state index contributed by atoms with van der Waals surface area (Å²) < 4.78 is 42.5. The number of thiophene rings is 1. The molecule has 5 rings (SSSR count). The summed E-state index contributed by atoms with van der Waals surface area (Å²) in [6, 6.07) is 23.7. The molecule has 0 aliphatic heterocycles. The van der Waals surface area contributed by atoms with Crippen molar-refractivity contribution in [1.29, 1.82) is 0 Å². The van der Waals surface area contributed by atoms with Gasteiger partial charge in [-0.25, -0.2) is 4.68 Å². The second-order valence-corrected chi connectivity index (χ2v) is 10.3. The number of benzene rings is 3. The molecular weight excluding hydrogens is 537 g/mol. The van der Waals surface area contributed by atoms with E-state index in [1.165, 1.54) is 30.4 Å². The molecule has 10 heteroatoms. The second kappa shape index (κ2) is 11.0. The number of fused-ring (bicyclic) bond motifs is 1. The normalized spacial score (nSPS) is 12.3. The van der Waals surface area contributed by atoms with Crippen molar-refractivity contribution in [2.75, 3.05) is 4.90 Å². The molecule has 6 nitrogen and oxygen atoms in total. The van der Waals surface area contributed by atoms with Crippen LogP contribution in [0.4, 0.5) is 18.9 Å². The van der Waals surface area contributed by atoms with Gasteiger partial charge in [-0.2, -0.15) is 18.3 Å². The Hall–Kier alpha value is -4.44. The molecule has 0 saturated carbocycles. The van der Waals surface area contributed by atoms with Gasteiger partial charge in [0.15, 0.2) is 0 Å². The number of alkyl halides is 3. The zero-order valence-corrected chi connectivity index (χ0v) is 22.5. The summed E-state index contributed by atoms with van der Waals surface area (Å²) in [6.07, 6.45) is -4.61. The van der Waals surface area contributed by atoms with E-state index in [4.69, 9.17) is 0 Å². The summed E-state index contributed by atoms with van der Waals surface area (Å²) in [5, 5.41) is 8.14. The molecular formula is C30H25F3N4O2S. The molecule has 0 unspecified atom stereocenters. The van der Waals surface area contributed by atoms with Gasteiger partial charge in [-0.05, 0) is 55.8 Å². The maximum absolute atomic E-state index is 14.0. The van der Waals surface area contributed by atoms with Crippen molar-refractivity contribution in [3.05, 3.63) is 113 Å². The molecule has 2 aromatic heterocycles. The zero-order valence-electron chi connectivity index (χ0n) is 21.6. The van der Waals surface area contributed by atoms with Crippen molar-refractivity contribution in [3.8, 4) is 5.69 Å². The first-order valence-corrected chi connectivity index (χ1v) is 13.3. The van der Waals surface area contributed by atoms with E-state index in [2.05, 4.69) is 10.4 Å². The molecule has 3 aromatic carbocycles. The Labute approximate surface area is 232 Å². The van der Waals surface area contributed by atoms with Gasteiger partial charge < -0.3 is 5.32 Å². The average molecular weight is 563 g/mol. The lowest BCUT2D eigenvalue weighted by molar-refractivity contribution is -0.137. The number of carbonyl (C=O) groups is 2. The average Bonchev–Trinajstić information content (AvgIpc) is 3.53. The van der Waals surface area contributed by atoms with E-state index in [1.807, 2.05) is 67.6 Å². The SMILES string of the molecule is Cc1nn(-c2ccccc2)c2sc(C(=O)N(c3cccc(C(F)(F)F)c3)[C@@H](C)C(=O)NCc3ccccc3)cc12. The number of hydrogen-bond donors (Lipinski definition) is 1. The van der Waals surface area contributed by atoms with Crippen LogP contribution >= 0.6 is 11.3 Å². The van der Waals surface area contributed by atoms with Gasteiger partial charge >= 0.3 is 6.18 Å². The van der Waals surface area contributed by atoms with Crippen LogP contribution in [0.1, 0.15) is 33.4 Å². The fourth-order valence-corrected chi connectivity index (χ4v) is 5.53. The largest absolute Gasteiger partial charge is 0.416 e. The second-order valence-electron chi connectivity index (χ2n) is 9.26. The summed E-state index contributed by atoms with van der Waals surface area (Å²) in [5.41, 5.74) is 1.43. The van der Waals surface area contributed by atoms with Crippen LogP contribution in [-0.4, -0.2) is 27.6 Å². The van der Waals surface area contributed by atoms with E-state index in [0.717, 1.165) is 38.5 Å². The van der Waals surface area contributed by atoms with Gasteiger partial charge in [-0.15, -0.1) is 11.3 Å². The molecule has 0 aliphatic rings. The number of aromatic nitrogens is 2. The number of para-hydroxylation sites is 1. The van der Waals surface area contributed by atoms with E-state index in [9.17, 15) is 22.8 Å². The zero-order chi connectivity index (χ0) is 28.4. The third-order valence-electron chi connectivity index (χ3n) is 6.50. The van der Waals surface area contributed by atoms with Crippen molar-refractivity contribution in [2.24, 2.45) is 0 Å². The predicted octanol–water partition coefficient (Wildman–Crippen LogP) is 6.77. The van der Waals surface area contributed by atoms with Crippen molar-refractivity contribution in [3.63, 3.8) is 0 Å². The number of amides is 2. The van der Waals surface area contributed by atoms with Gasteiger partial charge in [-0.3, -0.25) is 14.5 Å². The Bertz CT molecular complexity index is 1660. The molecule has 1 N–H and O–H groups in total. The van der Waals surface area contributed by atoms with E-state index in [-0.39, 0.29) is 17.1 Å². The number of hydrogen-bond acceptors (Lipinski definition) is 4. The van der Waals surface area contributed by atoms with Gasteiger partial charge in [0.2, 0.25) is 5.91 Å². The Morgan fingerprint density at radius 2 is 1.65 bits per heavy atom. The first kappa shape index (κ1) is 27.1. The van der Waals surface area contributed by atoms with E-state index in [0.29, 0.717) is 5.69 Å². The van der Waals surface area contributed by atoms with Gasteiger partial charge in [0.1, 0.15) is 10.9 Å². The summed E-state index contributed by atoms with van der Waals surface area (Å²) in [4.78, 5) is 29.3. The monoisotopic (exact) mass is 562 g/mol. The van der Waals surface area contributed by atoms with Crippen LogP contribution in [0.5, 0.6) is 0 Å². The standard InChI is InChI=1S/C30H25F3N4O2S/c1-19-25-17-26(40-29(25)37(35-19)23-13-7-4-8-14-23)28(39)36(24-15-9-12-22(16-24)30(31,32)33)20(2)27(38)34-18-21-10-5-3-6-11-21/h3-17,20H,18H2,1-2H3,(H,34,38)/t20-/m0/s1. The number of carbonyl (C=O) groups excluding carboxylic acids is 2. The highest BCUT2D eigenvalue weighted by Crippen LogP contribution is 2.35. The molecule has 2 amide bonds. The first-order valence-electron chi connectivity index (χ1n) is 12.5. The minimum Gasteiger partial charge on any atom is -0.350 e. The minimum atomic E-state index is -4.61.